The second-order valence-corrected chi connectivity index (χ2v) is 4.59. The van der Waals surface area contributed by atoms with Crippen LogP contribution in [-0.2, 0) is 6.54 Å². The minimum atomic E-state index is -0.258. The molecular formula is C13H14ClN5O. The van der Waals surface area contributed by atoms with Gasteiger partial charge in [0.2, 0.25) is 0 Å². The lowest BCUT2D eigenvalue weighted by Gasteiger charge is -2.08. The van der Waals surface area contributed by atoms with Crippen molar-refractivity contribution in [3.05, 3.63) is 52.4 Å². The third-order valence-electron chi connectivity index (χ3n) is 2.83. The molecule has 6 nitrogen and oxygen atoms in total. The number of carbonyl (C=O) groups is 1. The first-order valence-electron chi connectivity index (χ1n) is 5.91. The highest BCUT2D eigenvalue weighted by molar-refractivity contribution is 6.33. The van der Waals surface area contributed by atoms with E-state index in [4.69, 9.17) is 17.4 Å². The lowest BCUT2D eigenvalue weighted by atomic mass is 10.1. The number of carbonyl (C=O) groups excluding carboxylic acids is 1. The van der Waals surface area contributed by atoms with Gasteiger partial charge >= 0.3 is 0 Å². The van der Waals surface area contributed by atoms with Crippen LogP contribution < -0.4 is 16.6 Å². The number of rotatable bonds is 4. The molecule has 2 rings (SSSR count). The van der Waals surface area contributed by atoms with Gasteiger partial charge in [-0.15, -0.1) is 0 Å². The zero-order valence-corrected chi connectivity index (χ0v) is 11.6. The van der Waals surface area contributed by atoms with Crippen molar-refractivity contribution >= 4 is 23.3 Å². The fraction of sp³-hybridized carbons (Fsp3) is 0.154. The summed E-state index contributed by atoms with van der Waals surface area (Å²) in [6.07, 6.45) is 4.84. The van der Waals surface area contributed by atoms with Crippen LogP contribution in [0.15, 0.2) is 30.7 Å². The van der Waals surface area contributed by atoms with Crippen LogP contribution >= 0.6 is 11.6 Å². The summed E-state index contributed by atoms with van der Waals surface area (Å²) in [6.45, 7) is 2.36. The van der Waals surface area contributed by atoms with Gasteiger partial charge in [0.25, 0.3) is 5.91 Å². The predicted molar refractivity (Wildman–Crippen MR) is 77.2 cm³/mol. The summed E-state index contributed by atoms with van der Waals surface area (Å²) in [6, 6.07) is 3.40. The Balaban J connectivity index is 2.05. The normalized spacial score (nSPS) is 10.2. The van der Waals surface area contributed by atoms with E-state index in [2.05, 4.69) is 20.7 Å². The Hall–Kier alpha value is -2.18. The second kappa shape index (κ2) is 6.31. The van der Waals surface area contributed by atoms with Crippen LogP contribution in [0.1, 0.15) is 21.5 Å². The predicted octanol–water partition coefficient (Wildman–Crippen LogP) is 1.65. The maximum atomic E-state index is 12.0. The number of nitrogen functional groups attached to an aromatic ring is 1. The summed E-state index contributed by atoms with van der Waals surface area (Å²) < 4.78 is 0. The van der Waals surface area contributed by atoms with Crippen LogP contribution in [-0.4, -0.2) is 15.9 Å². The molecular weight excluding hydrogens is 278 g/mol. The minimum Gasteiger partial charge on any atom is -0.348 e. The van der Waals surface area contributed by atoms with Crippen molar-refractivity contribution in [3.63, 3.8) is 0 Å². The molecule has 0 unspecified atom stereocenters. The molecule has 0 spiro atoms. The van der Waals surface area contributed by atoms with E-state index in [9.17, 15) is 4.79 Å². The van der Waals surface area contributed by atoms with E-state index in [0.717, 1.165) is 11.1 Å². The number of amides is 1. The van der Waals surface area contributed by atoms with Gasteiger partial charge in [-0.25, -0.2) is 10.8 Å². The maximum absolute atomic E-state index is 12.0. The number of nitrogens with two attached hydrogens (primary N) is 1. The Morgan fingerprint density at radius 1 is 1.45 bits per heavy atom. The van der Waals surface area contributed by atoms with E-state index in [1.165, 1.54) is 12.3 Å². The molecule has 104 valence electrons. The molecule has 7 heteroatoms. The second-order valence-electron chi connectivity index (χ2n) is 4.18. The number of hydrazine groups is 1. The molecule has 0 fully saturated rings. The van der Waals surface area contributed by atoms with Crippen LogP contribution in [0.4, 0.5) is 5.82 Å². The standard InChI is InChI=1S/C13H14ClN5O/c1-8-2-3-16-5-10(8)7-18-13(20)9-4-11(14)12(19-15)17-6-9/h2-6H,7,15H2,1H3,(H,17,19)(H,18,20). The van der Waals surface area contributed by atoms with Gasteiger partial charge in [-0.2, -0.15) is 0 Å². The van der Waals surface area contributed by atoms with Crippen LogP contribution in [0.25, 0.3) is 0 Å². The summed E-state index contributed by atoms with van der Waals surface area (Å²) in [5.74, 6) is 5.29. The number of pyridine rings is 2. The molecule has 0 aliphatic rings. The molecule has 0 radical (unpaired) electrons. The molecule has 2 aromatic rings. The molecule has 0 aromatic carbocycles. The summed E-state index contributed by atoms with van der Waals surface area (Å²) in [5.41, 5.74) is 4.74. The maximum Gasteiger partial charge on any atom is 0.253 e. The molecule has 0 aliphatic heterocycles. The first-order chi connectivity index (χ1) is 9.61. The molecule has 0 saturated heterocycles. The number of hydrogen-bond acceptors (Lipinski definition) is 5. The average Bonchev–Trinajstić information content (AvgIpc) is 2.46. The van der Waals surface area contributed by atoms with Gasteiger partial charge in [-0.3, -0.25) is 9.78 Å². The van der Waals surface area contributed by atoms with E-state index in [1.54, 1.807) is 12.4 Å². The summed E-state index contributed by atoms with van der Waals surface area (Å²) in [7, 11) is 0. The number of nitrogens with one attached hydrogen (secondary N) is 2. The molecule has 0 aliphatic carbocycles. The van der Waals surface area contributed by atoms with Crippen LogP contribution in [0.5, 0.6) is 0 Å². The van der Waals surface area contributed by atoms with Crippen LogP contribution in [0, 0.1) is 6.92 Å². The molecule has 0 saturated carbocycles. The van der Waals surface area contributed by atoms with E-state index in [-0.39, 0.29) is 10.9 Å². The molecule has 2 heterocycles. The smallest absolute Gasteiger partial charge is 0.253 e. The van der Waals surface area contributed by atoms with E-state index in [1.807, 2.05) is 13.0 Å². The van der Waals surface area contributed by atoms with Crippen LogP contribution in [0.3, 0.4) is 0 Å². The van der Waals surface area contributed by atoms with Crippen LogP contribution in [0.2, 0.25) is 5.02 Å². The van der Waals surface area contributed by atoms with Crippen molar-refractivity contribution in [2.75, 3.05) is 5.43 Å². The van der Waals surface area contributed by atoms with Gasteiger partial charge in [-0.1, -0.05) is 11.6 Å². The Labute approximate surface area is 121 Å². The van der Waals surface area contributed by atoms with Crippen molar-refractivity contribution in [1.82, 2.24) is 15.3 Å². The molecule has 0 bridgehead atoms. The minimum absolute atomic E-state index is 0.258. The number of nitrogens with zero attached hydrogens (tertiary/aromatic N) is 2. The van der Waals surface area contributed by atoms with E-state index >= 15 is 0 Å². The summed E-state index contributed by atoms with van der Waals surface area (Å²) >= 11 is 5.92. The molecule has 20 heavy (non-hydrogen) atoms. The van der Waals surface area contributed by atoms with Gasteiger partial charge in [0.05, 0.1) is 10.6 Å². The molecule has 0 atom stereocenters. The third-order valence-corrected chi connectivity index (χ3v) is 3.12. The SMILES string of the molecule is Cc1ccncc1CNC(=O)c1cnc(NN)c(Cl)c1. The highest BCUT2D eigenvalue weighted by Gasteiger charge is 2.09. The molecule has 4 N–H and O–H groups in total. The Kier molecular flexibility index (Phi) is 4.49. The van der Waals surface area contributed by atoms with Crippen molar-refractivity contribution in [2.24, 2.45) is 5.84 Å². The lowest BCUT2D eigenvalue weighted by molar-refractivity contribution is 0.0950. The number of halogens is 1. The third kappa shape index (κ3) is 3.23. The highest BCUT2D eigenvalue weighted by Crippen LogP contribution is 2.18. The zero-order chi connectivity index (χ0) is 14.5. The number of aromatic nitrogens is 2. The van der Waals surface area contributed by atoms with Crippen molar-refractivity contribution in [1.29, 1.82) is 0 Å². The Bertz CT molecular complexity index is 632. The van der Waals surface area contributed by atoms with E-state index in [0.29, 0.717) is 17.9 Å². The van der Waals surface area contributed by atoms with E-state index < -0.39 is 0 Å². The summed E-state index contributed by atoms with van der Waals surface area (Å²) in [5, 5.41) is 3.08. The Morgan fingerprint density at radius 3 is 2.90 bits per heavy atom. The number of anilines is 1. The van der Waals surface area contributed by atoms with Gasteiger partial charge in [0.1, 0.15) is 0 Å². The van der Waals surface area contributed by atoms with Gasteiger partial charge in [0, 0.05) is 25.1 Å². The Morgan fingerprint density at radius 2 is 2.25 bits per heavy atom. The first kappa shape index (κ1) is 14.2. The summed E-state index contributed by atoms with van der Waals surface area (Å²) in [4.78, 5) is 20.0. The van der Waals surface area contributed by atoms with Gasteiger partial charge in [-0.05, 0) is 30.2 Å². The van der Waals surface area contributed by atoms with Crippen molar-refractivity contribution in [2.45, 2.75) is 13.5 Å². The fourth-order valence-corrected chi connectivity index (χ4v) is 1.85. The van der Waals surface area contributed by atoms with Crippen molar-refractivity contribution in [3.8, 4) is 0 Å². The fourth-order valence-electron chi connectivity index (χ4n) is 1.63. The molecule has 1 amide bonds. The largest absolute Gasteiger partial charge is 0.348 e. The highest BCUT2D eigenvalue weighted by atomic mass is 35.5. The van der Waals surface area contributed by atoms with Gasteiger partial charge in [0.15, 0.2) is 5.82 Å². The average molecular weight is 292 g/mol. The quantitative estimate of drug-likeness (QED) is 0.588. The number of aryl methyl sites for hydroxylation is 1. The zero-order valence-electron chi connectivity index (χ0n) is 10.9. The molecule has 2 aromatic heterocycles. The van der Waals surface area contributed by atoms with Crippen molar-refractivity contribution < 1.29 is 4.79 Å². The number of hydrogen-bond donors (Lipinski definition) is 3. The monoisotopic (exact) mass is 291 g/mol. The lowest BCUT2D eigenvalue weighted by Crippen LogP contribution is -2.23. The van der Waals surface area contributed by atoms with Gasteiger partial charge < -0.3 is 10.7 Å². The topological polar surface area (TPSA) is 92.9 Å². The first-order valence-corrected chi connectivity index (χ1v) is 6.29.